The number of hydrogen-bond donors (Lipinski definition) is 0. The summed E-state index contributed by atoms with van der Waals surface area (Å²) in [4.78, 5) is 0. The number of rotatable bonds is 0. The lowest BCUT2D eigenvalue weighted by Gasteiger charge is -2.20. The van der Waals surface area contributed by atoms with Gasteiger partial charge >= 0.3 is 0 Å². The van der Waals surface area contributed by atoms with E-state index in [2.05, 4.69) is 210 Å². The second kappa shape index (κ2) is 19.2. The molecule has 0 saturated heterocycles. The molecule has 48 heavy (non-hydrogen) atoms. The molecule has 4 aromatic carbocycles. The first-order valence-corrected chi connectivity index (χ1v) is 17.1. The molecule has 0 N–H and O–H groups in total. The Labute approximate surface area is 300 Å². The summed E-state index contributed by atoms with van der Waals surface area (Å²) in [5.41, 5.74) is 15.0. The highest BCUT2D eigenvalue weighted by Gasteiger charge is 2.15. The van der Waals surface area contributed by atoms with E-state index in [1.54, 1.807) is 0 Å². The largest absolute Gasteiger partial charge is 0.0776 e. The van der Waals surface area contributed by atoms with Gasteiger partial charge in [0.05, 0.1) is 0 Å². The molecule has 0 aromatic heterocycles. The van der Waals surface area contributed by atoms with Crippen LogP contribution in [0.15, 0.2) is 84.9 Å². The van der Waals surface area contributed by atoms with E-state index in [4.69, 9.17) is 0 Å². The van der Waals surface area contributed by atoms with Crippen LogP contribution < -0.4 is 0 Å². The molecule has 0 heterocycles. The zero-order valence-electron chi connectivity index (χ0n) is 33.1. The van der Waals surface area contributed by atoms with Gasteiger partial charge < -0.3 is 0 Å². The van der Waals surface area contributed by atoms with E-state index in [1.165, 1.54) is 55.6 Å². The number of aryl methyl sites for hydroxylation is 6. The topological polar surface area (TPSA) is 0 Å². The van der Waals surface area contributed by atoms with E-state index >= 15 is 0 Å². The highest BCUT2D eigenvalue weighted by molar-refractivity contribution is 5.34. The Hall–Kier alpha value is -3.12. The van der Waals surface area contributed by atoms with Gasteiger partial charge in [-0.2, -0.15) is 0 Å². The second-order valence-electron chi connectivity index (χ2n) is 17.4. The lowest BCUT2D eigenvalue weighted by molar-refractivity contribution is 0.589. The van der Waals surface area contributed by atoms with E-state index in [-0.39, 0.29) is 36.5 Å². The molecule has 0 aliphatic heterocycles. The lowest BCUT2D eigenvalue weighted by atomic mass is 9.85. The third kappa shape index (κ3) is 17.3. The van der Waals surface area contributed by atoms with Crippen molar-refractivity contribution in [2.75, 3.05) is 0 Å². The van der Waals surface area contributed by atoms with Gasteiger partial charge in [-0.05, 0) is 96.6 Å². The Balaban J connectivity index is 0. The summed E-state index contributed by atoms with van der Waals surface area (Å²) in [6.45, 7) is 39.8. The van der Waals surface area contributed by atoms with Crippen molar-refractivity contribution >= 4 is 0 Å². The molecule has 0 fully saturated rings. The van der Waals surface area contributed by atoms with Gasteiger partial charge in [0.25, 0.3) is 0 Å². The van der Waals surface area contributed by atoms with Crippen molar-refractivity contribution in [2.45, 2.75) is 161 Å². The van der Waals surface area contributed by atoms with Crippen molar-refractivity contribution in [3.63, 3.8) is 0 Å². The Kier molecular flexibility index (Phi) is 18.8. The summed E-state index contributed by atoms with van der Waals surface area (Å²) in [7, 11) is 0. The molecule has 0 aliphatic carbocycles. The first-order chi connectivity index (χ1) is 20.8. The minimum Gasteiger partial charge on any atom is -0.0776 e. The van der Waals surface area contributed by atoms with E-state index in [1.807, 2.05) is 0 Å². The zero-order valence-corrected chi connectivity index (χ0v) is 33.1. The molecular weight excluding hydrogens is 577 g/mol. The Morgan fingerprint density at radius 3 is 1.02 bits per heavy atom. The quantitative estimate of drug-likeness (QED) is 0.177. The van der Waals surface area contributed by atoms with Gasteiger partial charge in [0, 0.05) is 0 Å². The lowest BCUT2D eigenvalue weighted by Crippen LogP contribution is -2.11. The van der Waals surface area contributed by atoms with Crippen molar-refractivity contribution in [2.24, 2.45) is 0 Å². The van der Waals surface area contributed by atoms with Crippen molar-refractivity contribution in [3.05, 3.63) is 141 Å². The van der Waals surface area contributed by atoms with E-state index < -0.39 is 0 Å². The van der Waals surface area contributed by atoms with Gasteiger partial charge in [0.15, 0.2) is 0 Å². The van der Waals surface area contributed by atoms with Crippen LogP contribution in [0.5, 0.6) is 0 Å². The first-order valence-electron chi connectivity index (χ1n) is 17.1. The molecule has 0 aliphatic rings. The van der Waals surface area contributed by atoms with Gasteiger partial charge in [-0.15, -0.1) is 0 Å². The molecule has 4 rings (SSSR count). The monoisotopic (exact) mass is 653 g/mol. The maximum absolute atomic E-state index is 2.29. The Morgan fingerprint density at radius 2 is 0.667 bits per heavy atom. The number of benzene rings is 4. The average molecular weight is 653 g/mol. The van der Waals surface area contributed by atoms with Crippen LogP contribution in [0.3, 0.4) is 0 Å². The van der Waals surface area contributed by atoms with Gasteiger partial charge in [-0.25, -0.2) is 0 Å². The van der Waals surface area contributed by atoms with Crippen molar-refractivity contribution in [3.8, 4) is 0 Å². The average Bonchev–Trinajstić information content (AvgIpc) is 2.89. The summed E-state index contributed by atoms with van der Waals surface area (Å²) in [5, 5.41) is 0. The van der Waals surface area contributed by atoms with Crippen molar-refractivity contribution in [1.82, 2.24) is 0 Å². The molecule has 0 spiro atoms. The molecule has 0 amide bonds. The third-order valence-corrected chi connectivity index (χ3v) is 8.26. The molecule has 4 aromatic rings. The first kappa shape index (κ1) is 47.0. The second-order valence-corrected chi connectivity index (χ2v) is 17.4. The fraction of sp³-hybridized carbons (Fsp3) is 0.500. The van der Waals surface area contributed by atoms with Gasteiger partial charge in [-0.3, -0.25) is 0 Å². The summed E-state index contributed by atoms with van der Waals surface area (Å²) >= 11 is 0. The summed E-state index contributed by atoms with van der Waals surface area (Å²) < 4.78 is 0. The predicted molar refractivity (Wildman–Crippen MR) is 222 cm³/mol. The molecule has 0 saturated carbocycles. The minimum absolute atomic E-state index is 0. The molecule has 0 unspecified atom stereocenters. The molecule has 0 bridgehead atoms. The SMILES string of the molecule is C.C.Cc1cc(C)cc(C(C)(C)C)c1.Cc1ccc(C(C)(C)C)cc1.Cc1ccc(C(C)(C)C)cc1C.Cc1cccc(C(C)(C)C)c1. The zero-order chi connectivity index (χ0) is 35.7. The van der Waals surface area contributed by atoms with Crippen LogP contribution in [0.2, 0.25) is 0 Å². The van der Waals surface area contributed by atoms with Crippen LogP contribution in [0.25, 0.3) is 0 Å². The van der Waals surface area contributed by atoms with Crippen LogP contribution in [0.1, 0.15) is 154 Å². The van der Waals surface area contributed by atoms with Crippen LogP contribution in [0, 0.1) is 41.5 Å². The predicted octanol–water partition coefficient (Wildman–Crippen LogP) is 15.1. The Bertz CT molecular complexity index is 1460. The van der Waals surface area contributed by atoms with E-state index in [0.717, 1.165) is 0 Å². The van der Waals surface area contributed by atoms with E-state index in [9.17, 15) is 0 Å². The van der Waals surface area contributed by atoms with Crippen LogP contribution in [-0.4, -0.2) is 0 Å². The molecule has 0 heteroatoms. The molecular formula is C48H76. The standard InChI is InChI=1S/2C12H18.2C11H16.2CH4/c1-9-6-10(2)8-11(7-9)12(3,4)5;1-9-6-7-11(8-10(9)2)12(3,4)5;1-9-5-7-10(8-6-9)11(2,3)4;1-9-6-5-7-10(8-9)11(2,3)4;;/h2*6-8H,1-5H3;2*5-8H,1-4H3;2*1H4. The maximum Gasteiger partial charge on any atom is -0.0132 e. The van der Waals surface area contributed by atoms with Crippen LogP contribution in [-0.2, 0) is 21.7 Å². The fourth-order valence-corrected chi connectivity index (χ4v) is 4.78. The smallest absolute Gasteiger partial charge is 0.0132 e. The fourth-order valence-electron chi connectivity index (χ4n) is 4.78. The van der Waals surface area contributed by atoms with Gasteiger partial charge in [0.2, 0.25) is 0 Å². The molecule has 0 nitrogen and oxygen atoms in total. The van der Waals surface area contributed by atoms with Crippen molar-refractivity contribution in [1.29, 1.82) is 0 Å². The Morgan fingerprint density at radius 1 is 0.292 bits per heavy atom. The minimum atomic E-state index is 0. The van der Waals surface area contributed by atoms with Crippen LogP contribution in [0.4, 0.5) is 0 Å². The summed E-state index contributed by atoms with van der Waals surface area (Å²) in [6.07, 6.45) is 0. The summed E-state index contributed by atoms with van der Waals surface area (Å²) in [6, 6.07) is 30.9. The number of hydrogen-bond acceptors (Lipinski definition) is 0. The normalized spacial score (nSPS) is 11.2. The summed E-state index contributed by atoms with van der Waals surface area (Å²) in [5.74, 6) is 0. The van der Waals surface area contributed by atoms with Crippen LogP contribution >= 0.6 is 0 Å². The molecule has 268 valence electrons. The molecule has 0 atom stereocenters. The van der Waals surface area contributed by atoms with E-state index in [0.29, 0.717) is 0 Å². The third-order valence-electron chi connectivity index (χ3n) is 8.26. The highest BCUT2D eigenvalue weighted by Crippen LogP contribution is 2.26. The van der Waals surface area contributed by atoms with Gasteiger partial charge in [-0.1, -0.05) is 205 Å². The molecule has 0 radical (unpaired) electrons. The van der Waals surface area contributed by atoms with Crippen molar-refractivity contribution < 1.29 is 0 Å². The highest BCUT2D eigenvalue weighted by atomic mass is 14.2. The van der Waals surface area contributed by atoms with Gasteiger partial charge in [0.1, 0.15) is 0 Å². The maximum atomic E-state index is 2.29.